The third-order valence-corrected chi connectivity index (χ3v) is 4.04. The van der Waals surface area contributed by atoms with Crippen molar-refractivity contribution in [3.63, 3.8) is 0 Å². The van der Waals surface area contributed by atoms with E-state index in [0.717, 1.165) is 22.6 Å². The van der Waals surface area contributed by atoms with E-state index in [4.69, 9.17) is 4.74 Å². The predicted molar refractivity (Wildman–Crippen MR) is 104 cm³/mol. The normalized spacial score (nSPS) is 10.8. The Labute approximate surface area is 150 Å². The molecule has 23 heavy (non-hydrogen) atoms. The fourth-order valence-corrected chi connectivity index (χ4v) is 2.43. The van der Waals surface area contributed by atoms with Gasteiger partial charge in [0.1, 0.15) is 12.4 Å². The Morgan fingerprint density at radius 2 is 1.52 bits per heavy atom. The minimum absolute atomic E-state index is 0.580. The molecular weight excluding hydrogens is 397 g/mol. The number of benzene rings is 3. The van der Waals surface area contributed by atoms with Gasteiger partial charge >= 0.3 is 0 Å². The summed E-state index contributed by atoms with van der Waals surface area (Å²) in [6.07, 6.45) is 1.86. The number of ether oxygens (including phenoxy) is 1. The molecular formula is C20H16INO. The van der Waals surface area contributed by atoms with Crippen molar-refractivity contribution in [1.29, 1.82) is 0 Å². The molecule has 3 aromatic rings. The van der Waals surface area contributed by atoms with Gasteiger partial charge in [-0.2, -0.15) is 0 Å². The Kier molecular flexibility index (Phi) is 5.42. The summed E-state index contributed by atoms with van der Waals surface area (Å²) in [5, 5.41) is 0. The van der Waals surface area contributed by atoms with Crippen LogP contribution in [0, 0.1) is 3.57 Å². The van der Waals surface area contributed by atoms with Gasteiger partial charge < -0.3 is 4.74 Å². The molecule has 0 aliphatic rings. The van der Waals surface area contributed by atoms with Crippen LogP contribution in [0.15, 0.2) is 83.9 Å². The zero-order valence-corrected chi connectivity index (χ0v) is 14.7. The summed E-state index contributed by atoms with van der Waals surface area (Å²) >= 11 is 2.29. The summed E-state index contributed by atoms with van der Waals surface area (Å²) in [7, 11) is 0. The Bertz CT molecular complexity index is 765. The zero-order chi connectivity index (χ0) is 15.9. The van der Waals surface area contributed by atoms with Crippen molar-refractivity contribution in [2.24, 2.45) is 4.99 Å². The Morgan fingerprint density at radius 3 is 2.22 bits per heavy atom. The van der Waals surface area contributed by atoms with Gasteiger partial charge in [-0.15, -0.1) is 0 Å². The highest BCUT2D eigenvalue weighted by atomic mass is 127. The van der Waals surface area contributed by atoms with Gasteiger partial charge in [0.15, 0.2) is 0 Å². The molecule has 0 heterocycles. The van der Waals surface area contributed by atoms with Crippen LogP contribution in [0.25, 0.3) is 0 Å². The molecule has 2 nitrogen and oxygen atoms in total. The summed E-state index contributed by atoms with van der Waals surface area (Å²) in [6, 6.07) is 26.2. The molecule has 0 radical (unpaired) electrons. The van der Waals surface area contributed by atoms with Gasteiger partial charge in [-0.3, -0.25) is 4.99 Å². The number of rotatable bonds is 5. The molecule has 0 saturated heterocycles. The van der Waals surface area contributed by atoms with Crippen LogP contribution < -0.4 is 4.74 Å². The minimum atomic E-state index is 0.580. The zero-order valence-electron chi connectivity index (χ0n) is 12.5. The smallest absolute Gasteiger partial charge is 0.119 e. The molecule has 0 unspecified atom stereocenters. The lowest BCUT2D eigenvalue weighted by atomic mass is 10.2. The summed E-state index contributed by atoms with van der Waals surface area (Å²) in [4.78, 5) is 4.47. The second kappa shape index (κ2) is 7.92. The maximum atomic E-state index is 5.78. The highest BCUT2D eigenvalue weighted by Gasteiger charge is 1.96. The molecule has 0 amide bonds. The molecule has 0 aromatic heterocycles. The van der Waals surface area contributed by atoms with Gasteiger partial charge in [-0.25, -0.2) is 0 Å². The lowest BCUT2D eigenvalue weighted by molar-refractivity contribution is 0.306. The first-order valence-corrected chi connectivity index (χ1v) is 8.44. The van der Waals surface area contributed by atoms with Crippen molar-refractivity contribution >= 4 is 34.5 Å². The number of aliphatic imine (C=N–C) groups is 1. The highest BCUT2D eigenvalue weighted by molar-refractivity contribution is 14.1. The van der Waals surface area contributed by atoms with E-state index in [9.17, 15) is 0 Å². The second-order valence-corrected chi connectivity index (χ2v) is 6.32. The molecule has 0 saturated carbocycles. The third-order valence-electron chi connectivity index (χ3n) is 3.32. The van der Waals surface area contributed by atoms with Crippen LogP contribution in [0.4, 0.5) is 5.69 Å². The molecule has 0 fully saturated rings. The highest BCUT2D eigenvalue weighted by Crippen LogP contribution is 2.16. The average Bonchev–Trinajstić information content (AvgIpc) is 2.61. The lowest BCUT2D eigenvalue weighted by Gasteiger charge is -2.06. The molecule has 0 bridgehead atoms. The van der Waals surface area contributed by atoms with Crippen molar-refractivity contribution in [1.82, 2.24) is 0 Å². The fourth-order valence-electron chi connectivity index (χ4n) is 2.07. The van der Waals surface area contributed by atoms with Crippen LogP contribution in [-0.2, 0) is 6.61 Å². The summed E-state index contributed by atoms with van der Waals surface area (Å²) in [6.45, 7) is 0.580. The Morgan fingerprint density at radius 1 is 0.826 bits per heavy atom. The van der Waals surface area contributed by atoms with Crippen LogP contribution in [0.5, 0.6) is 5.75 Å². The average molecular weight is 413 g/mol. The number of halogens is 1. The quantitative estimate of drug-likeness (QED) is 0.393. The van der Waals surface area contributed by atoms with E-state index in [2.05, 4.69) is 39.7 Å². The maximum Gasteiger partial charge on any atom is 0.119 e. The van der Waals surface area contributed by atoms with Crippen LogP contribution >= 0.6 is 22.6 Å². The topological polar surface area (TPSA) is 21.6 Å². The minimum Gasteiger partial charge on any atom is -0.489 e. The van der Waals surface area contributed by atoms with Crippen LogP contribution in [-0.4, -0.2) is 6.21 Å². The van der Waals surface area contributed by atoms with Crippen molar-refractivity contribution in [3.05, 3.63) is 93.6 Å². The molecule has 0 aliphatic heterocycles. The fraction of sp³-hybridized carbons (Fsp3) is 0.0500. The molecule has 0 N–H and O–H groups in total. The van der Waals surface area contributed by atoms with Crippen LogP contribution in [0.2, 0.25) is 0 Å². The SMILES string of the molecule is Ic1ccc(N=Cc2ccc(OCc3ccccc3)cc2)cc1. The van der Waals surface area contributed by atoms with E-state index in [-0.39, 0.29) is 0 Å². The van der Waals surface area contributed by atoms with Gasteiger partial charge in [0.2, 0.25) is 0 Å². The predicted octanol–water partition coefficient (Wildman–Crippen LogP) is 5.62. The number of nitrogens with zero attached hydrogens (tertiary/aromatic N) is 1. The second-order valence-electron chi connectivity index (χ2n) is 5.08. The van der Waals surface area contributed by atoms with E-state index < -0.39 is 0 Å². The first-order valence-electron chi connectivity index (χ1n) is 7.36. The first-order chi connectivity index (χ1) is 11.3. The first kappa shape index (κ1) is 15.7. The van der Waals surface area contributed by atoms with Crippen LogP contribution in [0.3, 0.4) is 0 Å². The van der Waals surface area contributed by atoms with E-state index in [1.54, 1.807) is 0 Å². The molecule has 3 aromatic carbocycles. The Balaban J connectivity index is 1.59. The standard InChI is InChI=1S/C20H16INO/c21-18-8-10-19(11-9-18)22-14-16-6-12-20(13-7-16)23-15-17-4-2-1-3-5-17/h1-14H,15H2. The maximum absolute atomic E-state index is 5.78. The van der Waals surface area contributed by atoms with E-state index in [0.29, 0.717) is 6.61 Å². The van der Waals surface area contributed by atoms with Crippen molar-refractivity contribution in [2.45, 2.75) is 6.61 Å². The van der Waals surface area contributed by atoms with Crippen molar-refractivity contribution in [2.75, 3.05) is 0 Å². The number of hydrogen-bond donors (Lipinski definition) is 0. The van der Waals surface area contributed by atoms with Gasteiger partial charge in [0.25, 0.3) is 0 Å². The van der Waals surface area contributed by atoms with Gasteiger partial charge in [0.05, 0.1) is 5.69 Å². The monoisotopic (exact) mass is 413 g/mol. The van der Waals surface area contributed by atoms with Crippen LogP contribution in [0.1, 0.15) is 11.1 Å². The summed E-state index contributed by atoms with van der Waals surface area (Å²) in [5.74, 6) is 0.861. The third kappa shape index (κ3) is 4.93. The molecule has 0 aliphatic carbocycles. The Hall–Kier alpha value is -2.14. The molecule has 3 rings (SSSR count). The van der Waals surface area contributed by atoms with E-state index in [1.807, 2.05) is 72.9 Å². The molecule has 114 valence electrons. The van der Waals surface area contributed by atoms with E-state index in [1.165, 1.54) is 3.57 Å². The van der Waals surface area contributed by atoms with Gasteiger partial charge in [-0.1, -0.05) is 30.3 Å². The molecule has 3 heteroatoms. The van der Waals surface area contributed by atoms with Crippen molar-refractivity contribution in [3.8, 4) is 5.75 Å². The summed E-state index contributed by atoms with van der Waals surface area (Å²) < 4.78 is 6.99. The summed E-state index contributed by atoms with van der Waals surface area (Å²) in [5.41, 5.74) is 3.17. The van der Waals surface area contributed by atoms with E-state index >= 15 is 0 Å². The lowest BCUT2D eigenvalue weighted by Crippen LogP contribution is -1.94. The van der Waals surface area contributed by atoms with Gasteiger partial charge in [-0.05, 0) is 82.2 Å². The van der Waals surface area contributed by atoms with Crippen molar-refractivity contribution < 1.29 is 4.74 Å². The number of hydrogen-bond acceptors (Lipinski definition) is 2. The molecule has 0 spiro atoms. The van der Waals surface area contributed by atoms with Gasteiger partial charge in [0, 0.05) is 9.78 Å². The largest absolute Gasteiger partial charge is 0.489 e. The molecule has 0 atom stereocenters.